The molecule has 1 aromatic rings. The number of amides is 1. The number of anilines is 2. The van der Waals surface area contributed by atoms with Crippen molar-refractivity contribution in [1.82, 2.24) is 5.32 Å². The van der Waals surface area contributed by atoms with Gasteiger partial charge < -0.3 is 15.0 Å². The van der Waals surface area contributed by atoms with E-state index in [1.165, 1.54) is 11.0 Å². The number of halogens is 1. The molecule has 8 heteroatoms. The number of cyclic esters (lactones) is 1. The molecule has 2 fully saturated rings. The number of carbonyl (C=O) groups is 1. The molecule has 1 aromatic carbocycles. The van der Waals surface area contributed by atoms with Crippen LogP contribution in [0.1, 0.15) is 6.92 Å². The summed E-state index contributed by atoms with van der Waals surface area (Å²) in [7, 11) is 0. The summed E-state index contributed by atoms with van der Waals surface area (Å²) in [6.07, 6.45) is -0.748. The van der Waals surface area contributed by atoms with Gasteiger partial charge in [0.15, 0.2) is 0 Å². The van der Waals surface area contributed by atoms with E-state index in [0.29, 0.717) is 29.5 Å². The number of benzene rings is 1. The smallest absolute Gasteiger partial charge is 0.414 e. The Morgan fingerprint density at radius 3 is 2.88 bits per heavy atom. The van der Waals surface area contributed by atoms with Gasteiger partial charge in [-0.25, -0.2) is 9.18 Å². The largest absolute Gasteiger partial charge is 0.442 e. The van der Waals surface area contributed by atoms with Crippen LogP contribution in [-0.4, -0.2) is 54.9 Å². The summed E-state index contributed by atoms with van der Waals surface area (Å²) in [5.74, 6) is 1.71. The molecular weight excluding hydrogens is 349 g/mol. The van der Waals surface area contributed by atoms with Gasteiger partial charge in [-0.05, 0) is 25.1 Å². The minimum absolute atomic E-state index is 0.294. The lowest BCUT2D eigenvalue weighted by atomic mass is 10.2. The average molecular weight is 369 g/mol. The van der Waals surface area contributed by atoms with Crippen molar-refractivity contribution >= 4 is 46.4 Å². The lowest BCUT2D eigenvalue weighted by molar-refractivity contribution is 0.143. The molecule has 2 saturated heterocycles. The Bertz CT molecular complexity index is 638. The van der Waals surface area contributed by atoms with Crippen molar-refractivity contribution in [3.8, 4) is 0 Å². The van der Waals surface area contributed by atoms with E-state index in [9.17, 15) is 9.18 Å². The fraction of sp³-hybridized carbons (Fsp3) is 0.500. The highest BCUT2D eigenvalue weighted by Crippen LogP contribution is 2.29. The highest BCUT2D eigenvalue weighted by molar-refractivity contribution is 7.99. The fourth-order valence-electron chi connectivity index (χ4n) is 2.82. The maximum atomic E-state index is 14.5. The van der Waals surface area contributed by atoms with Crippen LogP contribution in [0.3, 0.4) is 0 Å². The van der Waals surface area contributed by atoms with Crippen molar-refractivity contribution in [2.75, 3.05) is 47.5 Å². The quantitative estimate of drug-likeness (QED) is 0.824. The summed E-state index contributed by atoms with van der Waals surface area (Å²) >= 11 is 6.84. The number of thioether (sulfide) groups is 1. The number of nitrogens with zero attached hydrogens (tertiary/aromatic N) is 2. The Hall–Kier alpha value is -1.54. The van der Waals surface area contributed by atoms with Crippen LogP contribution in [0.25, 0.3) is 0 Å². The molecule has 1 unspecified atom stereocenters. The van der Waals surface area contributed by atoms with Gasteiger partial charge in [-0.15, -0.1) is 0 Å². The van der Waals surface area contributed by atoms with E-state index in [1.807, 2.05) is 16.7 Å². The minimum Gasteiger partial charge on any atom is -0.442 e. The van der Waals surface area contributed by atoms with Crippen LogP contribution in [0.15, 0.2) is 18.2 Å². The van der Waals surface area contributed by atoms with E-state index in [-0.39, 0.29) is 11.9 Å². The number of rotatable bonds is 4. The van der Waals surface area contributed by atoms with Crippen LogP contribution in [0, 0.1) is 5.82 Å². The van der Waals surface area contributed by atoms with Gasteiger partial charge in [0.25, 0.3) is 0 Å². The zero-order chi connectivity index (χ0) is 17.1. The molecule has 0 aromatic heterocycles. The molecule has 1 N–H and O–H groups in total. The Labute approximate surface area is 150 Å². The first kappa shape index (κ1) is 17.3. The monoisotopic (exact) mass is 369 g/mol. The first-order valence-corrected chi connectivity index (χ1v) is 9.45. The SMILES string of the molecule is CC(=S)NCC1CN(c2ccc(N3CCSCC3)c(F)c2)C(=O)O1. The van der Waals surface area contributed by atoms with E-state index in [2.05, 4.69) is 5.32 Å². The summed E-state index contributed by atoms with van der Waals surface area (Å²) < 4.78 is 19.8. The van der Waals surface area contributed by atoms with Gasteiger partial charge in [0, 0.05) is 24.6 Å². The Kier molecular flexibility index (Phi) is 5.45. The van der Waals surface area contributed by atoms with Crippen molar-refractivity contribution in [3.05, 3.63) is 24.0 Å². The maximum absolute atomic E-state index is 14.5. The summed E-state index contributed by atoms with van der Waals surface area (Å²) in [6.45, 7) is 4.31. The van der Waals surface area contributed by atoms with E-state index < -0.39 is 6.09 Å². The highest BCUT2D eigenvalue weighted by atomic mass is 32.2. The average Bonchev–Trinajstić information content (AvgIpc) is 2.94. The third kappa shape index (κ3) is 3.92. The molecule has 3 rings (SSSR count). The first-order valence-electron chi connectivity index (χ1n) is 7.89. The second-order valence-electron chi connectivity index (χ2n) is 5.79. The third-order valence-corrected chi connectivity index (χ3v) is 5.13. The van der Waals surface area contributed by atoms with Gasteiger partial charge in [0.2, 0.25) is 0 Å². The van der Waals surface area contributed by atoms with Crippen molar-refractivity contribution < 1.29 is 13.9 Å². The second-order valence-corrected chi connectivity index (χ2v) is 7.63. The molecule has 0 saturated carbocycles. The van der Waals surface area contributed by atoms with Crippen molar-refractivity contribution in [3.63, 3.8) is 0 Å². The standard InChI is InChI=1S/C16H20FN3O2S2/c1-11(23)18-9-13-10-20(16(21)22-13)12-2-3-15(14(17)8-12)19-4-6-24-7-5-19/h2-3,8,13H,4-7,9-10H2,1H3,(H,18,23). The van der Waals surface area contributed by atoms with Crippen LogP contribution < -0.4 is 15.1 Å². The molecule has 0 bridgehead atoms. The van der Waals surface area contributed by atoms with Crippen molar-refractivity contribution in [2.24, 2.45) is 0 Å². The molecule has 24 heavy (non-hydrogen) atoms. The zero-order valence-electron chi connectivity index (χ0n) is 13.5. The lowest BCUT2D eigenvalue weighted by Gasteiger charge is -2.29. The first-order chi connectivity index (χ1) is 11.5. The van der Waals surface area contributed by atoms with Crippen LogP contribution >= 0.6 is 24.0 Å². The van der Waals surface area contributed by atoms with Gasteiger partial charge in [-0.3, -0.25) is 4.90 Å². The molecule has 2 heterocycles. The molecule has 1 atom stereocenters. The van der Waals surface area contributed by atoms with Crippen LogP contribution in [0.4, 0.5) is 20.6 Å². The van der Waals surface area contributed by atoms with Gasteiger partial charge in [0.1, 0.15) is 11.9 Å². The number of hydrogen-bond acceptors (Lipinski definition) is 5. The Morgan fingerprint density at radius 1 is 1.46 bits per heavy atom. The Balaban J connectivity index is 1.69. The van der Waals surface area contributed by atoms with E-state index >= 15 is 0 Å². The van der Waals surface area contributed by atoms with Crippen LogP contribution in [0.5, 0.6) is 0 Å². The number of ether oxygens (including phenoxy) is 1. The van der Waals surface area contributed by atoms with Crippen molar-refractivity contribution in [1.29, 1.82) is 0 Å². The fourth-order valence-corrected chi connectivity index (χ4v) is 3.81. The number of nitrogens with one attached hydrogen (secondary N) is 1. The molecule has 1 amide bonds. The minimum atomic E-state index is -0.453. The summed E-state index contributed by atoms with van der Waals surface area (Å²) in [5.41, 5.74) is 1.12. The number of carbonyl (C=O) groups excluding carboxylic acids is 1. The summed E-state index contributed by atoms with van der Waals surface area (Å²) in [6, 6.07) is 4.95. The molecule has 2 aliphatic heterocycles. The number of hydrogen-bond donors (Lipinski definition) is 1. The van der Waals surface area contributed by atoms with E-state index in [1.54, 1.807) is 19.1 Å². The molecule has 0 spiro atoms. The lowest BCUT2D eigenvalue weighted by Crippen LogP contribution is -2.33. The molecule has 130 valence electrons. The normalized spacial score (nSPS) is 20.9. The zero-order valence-corrected chi connectivity index (χ0v) is 15.1. The summed E-state index contributed by atoms with van der Waals surface area (Å²) in [5, 5.41) is 2.99. The second kappa shape index (κ2) is 7.57. The van der Waals surface area contributed by atoms with Gasteiger partial charge in [0.05, 0.1) is 29.5 Å². The molecule has 2 aliphatic rings. The summed E-state index contributed by atoms with van der Waals surface area (Å²) in [4.78, 5) is 16.2. The topological polar surface area (TPSA) is 44.8 Å². The Morgan fingerprint density at radius 2 is 2.21 bits per heavy atom. The molecule has 0 aliphatic carbocycles. The van der Waals surface area contributed by atoms with Gasteiger partial charge in [-0.2, -0.15) is 11.8 Å². The predicted octanol–water partition coefficient (Wildman–Crippen LogP) is 2.64. The highest BCUT2D eigenvalue weighted by Gasteiger charge is 2.32. The molecular formula is C16H20FN3O2S2. The predicted molar refractivity (Wildman–Crippen MR) is 99.8 cm³/mol. The molecule has 5 nitrogen and oxygen atoms in total. The van der Waals surface area contributed by atoms with Crippen LogP contribution in [0.2, 0.25) is 0 Å². The number of thiocarbonyl (C=S) groups is 1. The van der Waals surface area contributed by atoms with E-state index in [4.69, 9.17) is 17.0 Å². The van der Waals surface area contributed by atoms with Crippen molar-refractivity contribution in [2.45, 2.75) is 13.0 Å². The third-order valence-electron chi connectivity index (χ3n) is 4.05. The van der Waals surface area contributed by atoms with E-state index in [0.717, 1.165) is 24.6 Å². The van der Waals surface area contributed by atoms with Gasteiger partial charge in [-0.1, -0.05) is 12.2 Å². The van der Waals surface area contributed by atoms with Gasteiger partial charge >= 0.3 is 6.09 Å². The molecule has 0 radical (unpaired) electrons. The maximum Gasteiger partial charge on any atom is 0.414 e. The van der Waals surface area contributed by atoms with Crippen LogP contribution in [-0.2, 0) is 4.74 Å².